The number of rotatable bonds is 0. The van der Waals surface area contributed by atoms with Crippen LogP contribution in [0, 0.1) is 0 Å². The molecule has 1 fully saturated rings. The van der Waals surface area contributed by atoms with Gasteiger partial charge in [-0.15, -0.1) is 11.8 Å². The van der Waals surface area contributed by atoms with Crippen molar-refractivity contribution in [3.05, 3.63) is 29.8 Å². The number of fused-ring (bicyclic) bond motifs is 3. The molecule has 15 heavy (non-hydrogen) atoms. The van der Waals surface area contributed by atoms with E-state index in [1.54, 1.807) is 23.9 Å². The third-order valence-corrected chi connectivity index (χ3v) is 6.48. The van der Waals surface area contributed by atoms with E-state index in [1.165, 1.54) is 0 Å². The van der Waals surface area contributed by atoms with Crippen LogP contribution in [-0.2, 0) is 9.84 Å². The molecule has 0 amide bonds. The van der Waals surface area contributed by atoms with Crippen LogP contribution in [0.25, 0.3) is 0 Å². The molecule has 1 N–H and O–H groups in total. The minimum Gasteiger partial charge on any atom is -0.299 e. The van der Waals surface area contributed by atoms with Gasteiger partial charge in [-0.25, -0.2) is 8.42 Å². The molecule has 5 heteroatoms. The first-order valence-electron chi connectivity index (χ1n) is 4.89. The van der Waals surface area contributed by atoms with E-state index in [4.69, 9.17) is 0 Å². The first-order chi connectivity index (χ1) is 7.21. The quantitative estimate of drug-likeness (QED) is 0.741. The standard InChI is InChI=1S/C10H11NO2S2/c12-15(13)8-4-2-1-3-7(8)9-10(15)11-5-6-14-9/h1-4,9-11H,5-6H2. The van der Waals surface area contributed by atoms with Crippen molar-refractivity contribution in [2.45, 2.75) is 15.5 Å². The van der Waals surface area contributed by atoms with Gasteiger partial charge in [0.25, 0.3) is 0 Å². The van der Waals surface area contributed by atoms with Crippen LogP contribution in [-0.4, -0.2) is 26.1 Å². The summed E-state index contributed by atoms with van der Waals surface area (Å²) in [5.41, 5.74) is 0.972. The Kier molecular flexibility index (Phi) is 2.09. The zero-order chi connectivity index (χ0) is 10.5. The maximum atomic E-state index is 12.1. The summed E-state index contributed by atoms with van der Waals surface area (Å²) >= 11 is 1.74. The minimum absolute atomic E-state index is 0.0833. The molecule has 3 nitrogen and oxygen atoms in total. The van der Waals surface area contributed by atoms with Crippen molar-refractivity contribution in [2.24, 2.45) is 0 Å². The fourth-order valence-corrected chi connectivity index (χ4v) is 5.99. The van der Waals surface area contributed by atoms with Gasteiger partial charge in [-0.05, 0) is 11.6 Å². The van der Waals surface area contributed by atoms with Crippen molar-refractivity contribution in [2.75, 3.05) is 12.3 Å². The fourth-order valence-electron chi connectivity index (χ4n) is 2.22. The maximum Gasteiger partial charge on any atom is 0.195 e. The summed E-state index contributed by atoms with van der Waals surface area (Å²) < 4.78 is 24.3. The predicted octanol–water partition coefficient (Wildman–Crippen LogP) is 1.18. The Morgan fingerprint density at radius 1 is 1.33 bits per heavy atom. The summed E-state index contributed by atoms with van der Waals surface area (Å²) in [6.45, 7) is 0.777. The number of hydrogen-bond donors (Lipinski definition) is 1. The summed E-state index contributed by atoms with van der Waals surface area (Å²) in [6, 6.07) is 7.34. The molecule has 0 bridgehead atoms. The SMILES string of the molecule is O=S1(=O)c2ccccc2C2SCCNC21. The van der Waals surface area contributed by atoms with Crippen molar-refractivity contribution >= 4 is 21.6 Å². The topological polar surface area (TPSA) is 46.2 Å². The van der Waals surface area contributed by atoms with E-state index in [0.29, 0.717) is 4.90 Å². The van der Waals surface area contributed by atoms with Gasteiger partial charge in [0.1, 0.15) is 5.37 Å². The van der Waals surface area contributed by atoms with Gasteiger partial charge in [-0.1, -0.05) is 18.2 Å². The van der Waals surface area contributed by atoms with E-state index in [2.05, 4.69) is 5.32 Å². The van der Waals surface area contributed by atoms with Crippen LogP contribution in [0.15, 0.2) is 29.2 Å². The second kappa shape index (κ2) is 3.23. The summed E-state index contributed by atoms with van der Waals surface area (Å²) in [5, 5.41) is 2.78. The number of thioether (sulfide) groups is 1. The first kappa shape index (κ1) is 9.69. The van der Waals surface area contributed by atoms with Crippen LogP contribution in [0.2, 0.25) is 0 Å². The Labute approximate surface area is 93.2 Å². The normalized spacial score (nSPS) is 32.0. The van der Waals surface area contributed by atoms with Crippen molar-refractivity contribution < 1.29 is 8.42 Å². The van der Waals surface area contributed by atoms with Crippen molar-refractivity contribution in [3.8, 4) is 0 Å². The molecule has 0 radical (unpaired) electrons. The second-order valence-corrected chi connectivity index (χ2v) is 7.04. The fraction of sp³-hybridized carbons (Fsp3) is 0.400. The lowest BCUT2D eigenvalue weighted by Gasteiger charge is -2.25. The number of sulfone groups is 1. The van der Waals surface area contributed by atoms with Crippen LogP contribution < -0.4 is 5.32 Å². The van der Waals surface area contributed by atoms with Crippen LogP contribution in [0.3, 0.4) is 0 Å². The van der Waals surface area contributed by atoms with Gasteiger partial charge < -0.3 is 0 Å². The molecule has 80 valence electrons. The van der Waals surface area contributed by atoms with Gasteiger partial charge in [-0.2, -0.15) is 0 Å². The highest BCUT2D eigenvalue weighted by Crippen LogP contribution is 2.46. The van der Waals surface area contributed by atoms with Crippen LogP contribution in [0.5, 0.6) is 0 Å². The van der Waals surface area contributed by atoms with Crippen LogP contribution in [0.4, 0.5) is 0 Å². The average molecular weight is 241 g/mol. The lowest BCUT2D eigenvalue weighted by atomic mass is 10.1. The van der Waals surface area contributed by atoms with Gasteiger partial charge in [0.2, 0.25) is 0 Å². The molecule has 2 unspecified atom stereocenters. The molecule has 2 heterocycles. The van der Waals surface area contributed by atoms with Crippen molar-refractivity contribution in [3.63, 3.8) is 0 Å². The van der Waals surface area contributed by atoms with Gasteiger partial charge in [0, 0.05) is 12.3 Å². The van der Waals surface area contributed by atoms with E-state index in [9.17, 15) is 8.42 Å². The first-order valence-corrected chi connectivity index (χ1v) is 7.48. The van der Waals surface area contributed by atoms with Gasteiger partial charge >= 0.3 is 0 Å². The lowest BCUT2D eigenvalue weighted by Crippen LogP contribution is -2.41. The Morgan fingerprint density at radius 3 is 3.00 bits per heavy atom. The van der Waals surface area contributed by atoms with Crippen LogP contribution in [0.1, 0.15) is 10.8 Å². The second-order valence-electron chi connectivity index (χ2n) is 3.75. The average Bonchev–Trinajstić information content (AvgIpc) is 2.51. The number of benzene rings is 1. The largest absolute Gasteiger partial charge is 0.299 e. The Hall–Kier alpha value is -0.520. The zero-order valence-electron chi connectivity index (χ0n) is 8.01. The molecular formula is C10H11NO2S2. The Morgan fingerprint density at radius 2 is 2.13 bits per heavy atom. The van der Waals surface area contributed by atoms with Crippen molar-refractivity contribution in [1.82, 2.24) is 5.32 Å². The number of hydrogen-bond acceptors (Lipinski definition) is 4. The lowest BCUT2D eigenvalue weighted by molar-refractivity contribution is 0.557. The molecule has 0 saturated carbocycles. The minimum atomic E-state index is -3.14. The Balaban J connectivity index is 2.22. The highest BCUT2D eigenvalue weighted by atomic mass is 32.2. The smallest absolute Gasteiger partial charge is 0.195 e. The highest BCUT2D eigenvalue weighted by molar-refractivity contribution is 8.01. The van der Waals surface area contributed by atoms with Gasteiger partial charge in [0.15, 0.2) is 9.84 Å². The molecule has 2 atom stereocenters. The molecule has 0 spiro atoms. The van der Waals surface area contributed by atoms with Gasteiger partial charge in [-0.3, -0.25) is 5.32 Å². The van der Waals surface area contributed by atoms with E-state index < -0.39 is 15.2 Å². The molecule has 1 saturated heterocycles. The van der Waals surface area contributed by atoms with E-state index in [1.807, 2.05) is 12.1 Å². The zero-order valence-corrected chi connectivity index (χ0v) is 9.64. The van der Waals surface area contributed by atoms with E-state index >= 15 is 0 Å². The number of nitrogens with one attached hydrogen (secondary N) is 1. The maximum absolute atomic E-state index is 12.1. The molecule has 0 aromatic heterocycles. The monoisotopic (exact) mass is 241 g/mol. The summed E-state index contributed by atoms with van der Waals surface area (Å²) in [5.74, 6) is 0.977. The summed E-state index contributed by atoms with van der Waals surface area (Å²) in [4.78, 5) is 0.516. The van der Waals surface area contributed by atoms with Crippen molar-refractivity contribution in [1.29, 1.82) is 0 Å². The predicted molar refractivity (Wildman–Crippen MR) is 60.6 cm³/mol. The molecule has 2 aliphatic heterocycles. The molecule has 0 aliphatic carbocycles. The Bertz CT molecular complexity index is 498. The van der Waals surface area contributed by atoms with E-state index in [0.717, 1.165) is 17.9 Å². The highest BCUT2D eigenvalue weighted by Gasteiger charge is 2.46. The van der Waals surface area contributed by atoms with Crippen LogP contribution >= 0.6 is 11.8 Å². The summed E-state index contributed by atoms with van der Waals surface area (Å²) in [7, 11) is -3.14. The molecule has 1 aromatic rings. The van der Waals surface area contributed by atoms with E-state index in [-0.39, 0.29) is 5.25 Å². The summed E-state index contributed by atoms with van der Waals surface area (Å²) in [6.07, 6.45) is 0. The molecule has 2 aliphatic rings. The molecule has 1 aromatic carbocycles. The molecular weight excluding hydrogens is 230 g/mol. The third kappa shape index (κ3) is 1.26. The molecule has 3 rings (SSSR count). The van der Waals surface area contributed by atoms with Gasteiger partial charge in [0.05, 0.1) is 10.1 Å². The third-order valence-electron chi connectivity index (χ3n) is 2.89.